The third-order valence-electron chi connectivity index (χ3n) is 4.79. The second-order valence-corrected chi connectivity index (χ2v) is 6.45. The minimum absolute atomic E-state index is 0.0702. The fourth-order valence-corrected chi connectivity index (χ4v) is 3.40. The van der Waals surface area contributed by atoms with Crippen LogP contribution in [-0.2, 0) is 11.3 Å². The van der Waals surface area contributed by atoms with Gasteiger partial charge in [-0.2, -0.15) is 5.10 Å². The lowest BCUT2D eigenvalue weighted by molar-refractivity contribution is 0.0370. The lowest BCUT2D eigenvalue weighted by Crippen LogP contribution is -2.37. The quantitative estimate of drug-likeness (QED) is 0.741. The maximum absolute atomic E-state index is 12.6. The number of rotatable bonds is 6. The molecule has 0 aromatic carbocycles. The highest BCUT2D eigenvalue weighted by Crippen LogP contribution is 2.15. The van der Waals surface area contributed by atoms with Crippen LogP contribution in [0.15, 0.2) is 17.1 Å². The van der Waals surface area contributed by atoms with E-state index in [-0.39, 0.29) is 5.56 Å². The maximum Gasteiger partial charge on any atom is 0.290 e. The Bertz CT molecular complexity index is 534. The summed E-state index contributed by atoms with van der Waals surface area (Å²) in [6.45, 7) is 7.55. The van der Waals surface area contributed by atoms with Crippen LogP contribution in [0.25, 0.3) is 0 Å². The number of piperidine rings is 1. The molecule has 1 aromatic heterocycles. The van der Waals surface area contributed by atoms with Gasteiger partial charge in [-0.05, 0) is 44.7 Å². The molecule has 0 spiro atoms. The van der Waals surface area contributed by atoms with Crippen LogP contribution >= 0.6 is 0 Å². The Morgan fingerprint density at radius 3 is 2.52 bits per heavy atom. The molecule has 0 saturated carbocycles. The number of hydrogen-bond donors (Lipinski definition) is 0. The standard InChI is InChI=1S/C17H28N4O2/c22-17-16(20-9-2-1-3-10-20)6-7-18-21(17)11-5-4-8-19-12-14-23-15-13-19/h6-7H,1-5,8-15H2. The number of morpholine rings is 1. The van der Waals surface area contributed by atoms with Gasteiger partial charge in [0.15, 0.2) is 0 Å². The summed E-state index contributed by atoms with van der Waals surface area (Å²) in [5.41, 5.74) is 0.897. The zero-order valence-corrected chi connectivity index (χ0v) is 14.0. The van der Waals surface area contributed by atoms with Gasteiger partial charge in [-0.25, -0.2) is 4.68 Å². The number of aryl methyl sites for hydroxylation is 1. The van der Waals surface area contributed by atoms with Gasteiger partial charge >= 0.3 is 0 Å². The average Bonchev–Trinajstić information content (AvgIpc) is 2.61. The molecule has 2 aliphatic heterocycles. The summed E-state index contributed by atoms with van der Waals surface area (Å²) in [5, 5.41) is 4.26. The van der Waals surface area contributed by atoms with Crippen molar-refractivity contribution < 1.29 is 4.74 Å². The minimum Gasteiger partial charge on any atom is -0.379 e. The van der Waals surface area contributed by atoms with Crippen LogP contribution in [-0.4, -0.2) is 60.6 Å². The maximum atomic E-state index is 12.6. The Hall–Kier alpha value is -1.40. The second kappa shape index (κ2) is 8.45. The zero-order valence-electron chi connectivity index (χ0n) is 14.0. The van der Waals surface area contributed by atoms with E-state index in [2.05, 4.69) is 14.9 Å². The van der Waals surface area contributed by atoms with Crippen molar-refractivity contribution in [3.63, 3.8) is 0 Å². The predicted octanol–water partition coefficient (Wildman–Crippen LogP) is 1.35. The van der Waals surface area contributed by atoms with Gasteiger partial charge < -0.3 is 9.64 Å². The first-order chi connectivity index (χ1) is 11.3. The van der Waals surface area contributed by atoms with Crippen molar-refractivity contribution in [3.05, 3.63) is 22.6 Å². The van der Waals surface area contributed by atoms with E-state index in [0.29, 0.717) is 6.54 Å². The van der Waals surface area contributed by atoms with Crippen LogP contribution in [0.4, 0.5) is 5.69 Å². The SMILES string of the molecule is O=c1c(N2CCCCC2)ccnn1CCCCN1CCOCC1. The molecule has 3 heterocycles. The van der Waals surface area contributed by atoms with E-state index >= 15 is 0 Å². The third-order valence-corrected chi connectivity index (χ3v) is 4.79. The summed E-state index contributed by atoms with van der Waals surface area (Å²) >= 11 is 0. The molecule has 1 aromatic rings. The van der Waals surface area contributed by atoms with Gasteiger partial charge in [-0.3, -0.25) is 9.69 Å². The fraction of sp³-hybridized carbons (Fsp3) is 0.765. The van der Waals surface area contributed by atoms with Gasteiger partial charge in [0.05, 0.1) is 13.2 Å². The minimum atomic E-state index is 0.0702. The van der Waals surface area contributed by atoms with Crippen LogP contribution in [0.2, 0.25) is 0 Å². The number of ether oxygens (including phenoxy) is 1. The Labute approximate surface area is 138 Å². The lowest BCUT2D eigenvalue weighted by atomic mass is 10.1. The number of hydrogen-bond acceptors (Lipinski definition) is 5. The molecule has 0 N–H and O–H groups in total. The molecule has 6 nitrogen and oxygen atoms in total. The van der Waals surface area contributed by atoms with Crippen molar-refractivity contribution in [2.45, 2.75) is 38.6 Å². The van der Waals surface area contributed by atoms with Crippen LogP contribution < -0.4 is 10.5 Å². The molecule has 0 radical (unpaired) electrons. The second-order valence-electron chi connectivity index (χ2n) is 6.45. The molecular weight excluding hydrogens is 292 g/mol. The van der Waals surface area contributed by atoms with Crippen molar-refractivity contribution >= 4 is 5.69 Å². The molecule has 2 aliphatic rings. The summed E-state index contributed by atoms with van der Waals surface area (Å²) in [6, 6.07) is 1.87. The summed E-state index contributed by atoms with van der Waals surface area (Å²) < 4.78 is 7.00. The van der Waals surface area contributed by atoms with Crippen LogP contribution in [0.1, 0.15) is 32.1 Å². The number of aromatic nitrogens is 2. The average molecular weight is 320 g/mol. The Kier molecular flexibility index (Phi) is 6.05. The van der Waals surface area contributed by atoms with E-state index in [0.717, 1.165) is 64.5 Å². The first kappa shape index (κ1) is 16.5. The zero-order chi connectivity index (χ0) is 15.9. The highest BCUT2D eigenvalue weighted by molar-refractivity contribution is 5.43. The third kappa shape index (κ3) is 4.54. The molecule has 23 heavy (non-hydrogen) atoms. The number of anilines is 1. The van der Waals surface area contributed by atoms with E-state index in [1.807, 2.05) is 6.07 Å². The summed E-state index contributed by atoms with van der Waals surface area (Å²) in [6.07, 6.45) is 7.50. The molecule has 2 saturated heterocycles. The van der Waals surface area contributed by atoms with Crippen molar-refractivity contribution in [2.24, 2.45) is 0 Å². The topological polar surface area (TPSA) is 50.6 Å². The van der Waals surface area contributed by atoms with Crippen molar-refractivity contribution in [1.29, 1.82) is 0 Å². The van der Waals surface area contributed by atoms with E-state index in [1.54, 1.807) is 10.9 Å². The van der Waals surface area contributed by atoms with E-state index in [1.165, 1.54) is 19.3 Å². The van der Waals surface area contributed by atoms with Gasteiger partial charge in [-0.1, -0.05) is 0 Å². The Morgan fingerprint density at radius 1 is 1.00 bits per heavy atom. The van der Waals surface area contributed by atoms with Gasteiger partial charge in [0.2, 0.25) is 0 Å². The van der Waals surface area contributed by atoms with E-state index in [9.17, 15) is 4.79 Å². The normalized spacial score (nSPS) is 19.9. The van der Waals surface area contributed by atoms with Crippen molar-refractivity contribution in [2.75, 3.05) is 50.8 Å². The molecule has 0 atom stereocenters. The smallest absolute Gasteiger partial charge is 0.290 e. The summed E-state index contributed by atoms with van der Waals surface area (Å²) in [4.78, 5) is 17.3. The van der Waals surface area contributed by atoms with Gasteiger partial charge in [0.25, 0.3) is 5.56 Å². The molecule has 128 valence electrons. The molecule has 0 unspecified atom stereocenters. The highest BCUT2D eigenvalue weighted by atomic mass is 16.5. The molecule has 3 rings (SSSR count). The number of unbranched alkanes of at least 4 members (excludes halogenated alkanes) is 1. The lowest BCUT2D eigenvalue weighted by Gasteiger charge is -2.28. The Balaban J connectivity index is 1.50. The molecular formula is C17H28N4O2. The molecule has 0 amide bonds. The fourth-order valence-electron chi connectivity index (χ4n) is 3.40. The van der Waals surface area contributed by atoms with Crippen LogP contribution in [0.3, 0.4) is 0 Å². The molecule has 0 bridgehead atoms. The first-order valence-electron chi connectivity index (χ1n) is 8.96. The van der Waals surface area contributed by atoms with Gasteiger partial charge in [-0.15, -0.1) is 0 Å². The van der Waals surface area contributed by atoms with Gasteiger partial charge in [0.1, 0.15) is 5.69 Å². The van der Waals surface area contributed by atoms with Crippen LogP contribution in [0, 0.1) is 0 Å². The van der Waals surface area contributed by atoms with Crippen molar-refractivity contribution in [3.8, 4) is 0 Å². The van der Waals surface area contributed by atoms with Gasteiger partial charge in [0, 0.05) is 38.9 Å². The number of nitrogens with zero attached hydrogens (tertiary/aromatic N) is 4. The molecule has 2 fully saturated rings. The highest BCUT2D eigenvalue weighted by Gasteiger charge is 2.15. The first-order valence-corrected chi connectivity index (χ1v) is 8.96. The van der Waals surface area contributed by atoms with E-state index in [4.69, 9.17) is 4.74 Å². The van der Waals surface area contributed by atoms with Crippen LogP contribution in [0.5, 0.6) is 0 Å². The molecule has 6 heteroatoms. The monoisotopic (exact) mass is 320 g/mol. The summed E-state index contributed by atoms with van der Waals surface area (Å²) in [5.74, 6) is 0. The Morgan fingerprint density at radius 2 is 1.74 bits per heavy atom. The molecule has 0 aliphatic carbocycles. The van der Waals surface area contributed by atoms with E-state index < -0.39 is 0 Å². The van der Waals surface area contributed by atoms with Crippen molar-refractivity contribution in [1.82, 2.24) is 14.7 Å². The summed E-state index contributed by atoms with van der Waals surface area (Å²) in [7, 11) is 0. The predicted molar refractivity (Wildman–Crippen MR) is 91.1 cm³/mol. The largest absolute Gasteiger partial charge is 0.379 e.